The third-order valence-corrected chi connectivity index (χ3v) is 8.70. The summed E-state index contributed by atoms with van der Waals surface area (Å²) in [6, 6.07) is 15.6. The number of piperidine rings is 2. The van der Waals surface area contributed by atoms with E-state index in [-0.39, 0.29) is 41.5 Å². The largest absolute Gasteiger partial charge is 0.412 e. The van der Waals surface area contributed by atoms with Crippen LogP contribution in [-0.4, -0.2) is 39.2 Å². The lowest BCUT2D eigenvalue weighted by Gasteiger charge is -2.56. The molecule has 0 saturated carbocycles. The first-order valence-corrected chi connectivity index (χ1v) is 13.1. The SMILES string of the molecule is C[C@H]1CC[C@H]2C(=O)N3[C@H](c4ccc(Br)cc4)[C@@H](C)CC[C@H]3C(=O)N2[C@@H]1c1ccc(Br)cc1.O. The lowest BCUT2D eigenvalue weighted by Crippen LogP contribution is -2.69. The van der Waals surface area contributed by atoms with Gasteiger partial charge < -0.3 is 15.3 Å². The molecule has 3 heterocycles. The molecule has 2 aromatic carbocycles. The number of hydrogen-bond acceptors (Lipinski definition) is 2. The Bertz CT molecular complexity index is 943. The van der Waals surface area contributed by atoms with E-state index in [0.717, 1.165) is 45.8 Å². The molecule has 5 rings (SSSR count). The normalized spacial score (nSPS) is 31.5. The molecule has 0 spiro atoms. The van der Waals surface area contributed by atoms with Crippen LogP contribution in [-0.2, 0) is 9.59 Å². The van der Waals surface area contributed by atoms with Crippen molar-refractivity contribution >= 4 is 43.7 Å². The quantitative estimate of drug-likeness (QED) is 0.477. The van der Waals surface area contributed by atoms with Crippen molar-refractivity contribution in [3.05, 3.63) is 68.6 Å². The van der Waals surface area contributed by atoms with Crippen LogP contribution in [0.25, 0.3) is 0 Å². The maximum Gasteiger partial charge on any atom is 0.246 e. The van der Waals surface area contributed by atoms with Crippen molar-refractivity contribution in [2.45, 2.75) is 63.7 Å². The van der Waals surface area contributed by atoms with Gasteiger partial charge in [0.25, 0.3) is 0 Å². The summed E-state index contributed by atoms with van der Waals surface area (Å²) in [6.07, 6.45) is 3.36. The van der Waals surface area contributed by atoms with Crippen LogP contribution in [0.4, 0.5) is 0 Å². The molecule has 2 aromatic rings. The Balaban J connectivity index is 0.00000259. The lowest BCUT2D eigenvalue weighted by molar-refractivity contribution is -0.177. The van der Waals surface area contributed by atoms with Gasteiger partial charge in [0.15, 0.2) is 0 Å². The summed E-state index contributed by atoms with van der Waals surface area (Å²) in [4.78, 5) is 31.9. The molecule has 0 aromatic heterocycles. The second-order valence-electron chi connectivity index (χ2n) is 9.62. The van der Waals surface area contributed by atoms with Crippen molar-refractivity contribution < 1.29 is 15.1 Å². The summed E-state index contributed by atoms with van der Waals surface area (Å²) < 4.78 is 2.04. The predicted octanol–water partition coefficient (Wildman–Crippen LogP) is 5.44. The topological polar surface area (TPSA) is 72.1 Å². The van der Waals surface area contributed by atoms with Gasteiger partial charge in [-0.25, -0.2) is 0 Å². The Morgan fingerprint density at radius 3 is 1.30 bits per heavy atom. The molecule has 0 radical (unpaired) electrons. The summed E-state index contributed by atoms with van der Waals surface area (Å²) >= 11 is 7.03. The standard InChI is InChI=1S/C26H28Br2N2O2.H2O/c1-15-3-13-21-26(32)30-22(14-4-16(2)24(30)18-7-11-20(28)12-8-18)25(31)29(21)23(15)17-5-9-19(27)10-6-17;/h5-12,15-16,21-24H,3-4,13-14H2,1-2H3;1H2/t15-,16-,21-,22-,23-,24-;/m0./s1. The van der Waals surface area contributed by atoms with Gasteiger partial charge in [0.2, 0.25) is 11.8 Å². The van der Waals surface area contributed by atoms with Crippen molar-refractivity contribution in [3.63, 3.8) is 0 Å². The molecule has 6 atom stereocenters. The molecule has 2 N–H and O–H groups in total. The Hall–Kier alpha value is -1.70. The molecule has 0 aliphatic carbocycles. The van der Waals surface area contributed by atoms with E-state index in [1.54, 1.807) is 0 Å². The van der Waals surface area contributed by atoms with Crippen LogP contribution in [0.3, 0.4) is 0 Å². The van der Waals surface area contributed by atoms with Gasteiger partial charge in [-0.15, -0.1) is 0 Å². The minimum absolute atomic E-state index is 0. The highest BCUT2D eigenvalue weighted by Gasteiger charge is 2.55. The van der Waals surface area contributed by atoms with Crippen molar-refractivity contribution in [1.82, 2.24) is 9.80 Å². The molecule has 7 heteroatoms. The monoisotopic (exact) mass is 576 g/mol. The third kappa shape index (κ3) is 4.17. The predicted molar refractivity (Wildman–Crippen MR) is 135 cm³/mol. The fourth-order valence-corrected chi connectivity index (χ4v) is 6.61. The number of rotatable bonds is 2. The highest BCUT2D eigenvalue weighted by Crippen LogP contribution is 2.48. The molecular formula is C26H30Br2N2O3. The Morgan fingerprint density at radius 2 is 0.970 bits per heavy atom. The zero-order valence-corrected chi connectivity index (χ0v) is 22.1. The average molecular weight is 578 g/mol. The summed E-state index contributed by atoms with van der Waals surface area (Å²) in [5.74, 6) is 0.896. The molecule has 0 unspecified atom stereocenters. The Kier molecular flexibility index (Phi) is 7.04. The highest BCUT2D eigenvalue weighted by atomic mass is 79.9. The van der Waals surface area contributed by atoms with E-state index in [4.69, 9.17) is 0 Å². The minimum Gasteiger partial charge on any atom is -0.412 e. The van der Waals surface area contributed by atoms with Crippen molar-refractivity contribution in [3.8, 4) is 0 Å². The molecular weight excluding hydrogens is 548 g/mol. The molecule has 0 bridgehead atoms. The maximum atomic E-state index is 14.0. The van der Waals surface area contributed by atoms with Gasteiger partial charge in [-0.2, -0.15) is 0 Å². The van der Waals surface area contributed by atoms with E-state index >= 15 is 0 Å². The van der Waals surface area contributed by atoms with Gasteiger partial charge in [-0.3, -0.25) is 9.59 Å². The first kappa shape index (κ1) is 24.4. The second kappa shape index (κ2) is 9.51. The highest BCUT2D eigenvalue weighted by molar-refractivity contribution is 9.10. The second-order valence-corrected chi connectivity index (χ2v) is 11.5. The fraction of sp³-hybridized carbons (Fsp3) is 0.462. The van der Waals surface area contributed by atoms with Crippen LogP contribution in [0.1, 0.15) is 62.7 Å². The number of piperazine rings is 1. The molecule has 3 fully saturated rings. The summed E-state index contributed by atoms with van der Waals surface area (Å²) in [7, 11) is 0. The molecule has 2 amide bonds. The molecule has 3 aliphatic heterocycles. The van der Waals surface area contributed by atoms with Gasteiger partial charge in [0.05, 0.1) is 12.1 Å². The number of fused-ring (bicyclic) bond motifs is 2. The molecule has 33 heavy (non-hydrogen) atoms. The summed E-state index contributed by atoms with van der Waals surface area (Å²) in [5.41, 5.74) is 2.24. The maximum absolute atomic E-state index is 14.0. The van der Waals surface area contributed by atoms with E-state index in [1.165, 1.54) is 0 Å². The smallest absolute Gasteiger partial charge is 0.246 e. The van der Waals surface area contributed by atoms with Crippen molar-refractivity contribution in [1.29, 1.82) is 0 Å². The summed E-state index contributed by atoms with van der Waals surface area (Å²) in [5, 5.41) is 0. The Morgan fingerprint density at radius 1 is 0.636 bits per heavy atom. The molecule has 3 saturated heterocycles. The van der Waals surface area contributed by atoms with Gasteiger partial charge in [-0.1, -0.05) is 70.0 Å². The Labute approximate surface area is 212 Å². The zero-order valence-electron chi connectivity index (χ0n) is 18.9. The molecule has 176 valence electrons. The number of nitrogens with zero attached hydrogens (tertiary/aromatic N) is 2. The van der Waals surface area contributed by atoms with Crippen LogP contribution in [0.15, 0.2) is 57.5 Å². The number of amides is 2. The van der Waals surface area contributed by atoms with Crippen LogP contribution >= 0.6 is 31.9 Å². The third-order valence-electron chi connectivity index (χ3n) is 7.64. The molecule has 3 aliphatic rings. The van der Waals surface area contributed by atoms with E-state index in [0.29, 0.717) is 11.8 Å². The van der Waals surface area contributed by atoms with E-state index < -0.39 is 0 Å². The zero-order chi connectivity index (χ0) is 22.6. The van der Waals surface area contributed by atoms with Gasteiger partial charge in [0.1, 0.15) is 12.1 Å². The lowest BCUT2D eigenvalue weighted by atomic mass is 9.76. The van der Waals surface area contributed by atoms with Crippen LogP contribution in [0.5, 0.6) is 0 Å². The van der Waals surface area contributed by atoms with Gasteiger partial charge in [-0.05, 0) is 72.9 Å². The van der Waals surface area contributed by atoms with Gasteiger partial charge >= 0.3 is 0 Å². The summed E-state index contributed by atoms with van der Waals surface area (Å²) in [6.45, 7) is 4.42. The number of carbonyl (C=O) groups is 2. The van der Waals surface area contributed by atoms with Crippen LogP contribution < -0.4 is 0 Å². The number of halogens is 2. The van der Waals surface area contributed by atoms with Crippen LogP contribution in [0, 0.1) is 11.8 Å². The average Bonchev–Trinajstić information content (AvgIpc) is 2.78. The minimum atomic E-state index is -0.369. The van der Waals surface area contributed by atoms with Crippen molar-refractivity contribution in [2.24, 2.45) is 11.8 Å². The number of hydrogen-bond donors (Lipinski definition) is 0. The number of carbonyl (C=O) groups excluding carboxylic acids is 2. The van der Waals surface area contributed by atoms with Crippen LogP contribution in [0.2, 0.25) is 0 Å². The first-order valence-electron chi connectivity index (χ1n) is 11.5. The fourth-order valence-electron chi connectivity index (χ4n) is 6.08. The van der Waals surface area contributed by atoms with E-state index in [1.807, 2.05) is 34.1 Å². The van der Waals surface area contributed by atoms with Crippen molar-refractivity contribution in [2.75, 3.05) is 0 Å². The van der Waals surface area contributed by atoms with E-state index in [9.17, 15) is 9.59 Å². The first-order chi connectivity index (χ1) is 15.4. The van der Waals surface area contributed by atoms with E-state index in [2.05, 4.69) is 70.0 Å². The molecule has 5 nitrogen and oxygen atoms in total. The van der Waals surface area contributed by atoms with Gasteiger partial charge in [0, 0.05) is 8.95 Å². The number of benzene rings is 2.